The van der Waals surface area contributed by atoms with Gasteiger partial charge in [-0.2, -0.15) is 12.7 Å². The van der Waals surface area contributed by atoms with Crippen molar-refractivity contribution in [3.05, 3.63) is 94.3 Å². The third-order valence-corrected chi connectivity index (χ3v) is 7.62. The number of carbonyl (C=O) groups is 2. The predicted molar refractivity (Wildman–Crippen MR) is 154 cm³/mol. The maximum atomic E-state index is 15.3. The number of anilines is 1. The Labute approximate surface area is 242 Å². The van der Waals surface area contributed by atoms with E-state index in [1.165, 1.54) is 19.4 Å². The minimum absolute atomic E-state index is 0.0775. The molecule has 42 heavy (non-hydrogen) atoms. The third-order valence-electron chi connectivity index (χ3n) is 6.06. The molecule has 0 aliphatic rings. The fourth-order valence-corrected chi connectivity index (χ4v) is 4.72. The monoisotopic (exact) mass is 594 g/mol. The normalized spacial score (nSPS) is 11.7. The second-order valence-corrected chi connectivity index (χ2v) is 12.1. The molecule has 0 unspecified atom stereocenters. The Morgan fingerprint density at radius 3 is 2.38 bits per heavy atom. The van der Waals surface area contributed by atoms with Crippen molar-refractivity contribution in [2.45, 2.75) is 33.3 Å². The van der Waals surface area contributed by atoms with Gasteiger partial charge in [-0.1, -0.05) is 18.8 Å². The second-order valence-electron chi connectivity index (χ2n) is 10.3. The quantitative estimate of drug-likeness (QED) is 0.176. The lowest BCUT2D eigenvalue weighted by Crippen LogP contribution is -2.32. The number of carbonyl (C=O) groups excluding carboxylic acids is 2. The van der Waals surface area contributed by atoms with Crippen LogP contribution in [0.1, 0.15) is 65.1 Å². The van der Waals surface area contributed by atoms with E-state index in [1.807, 2.05) is 4.72 Å². The Morgan fingerprint density at radius 1 is 1.07 bits per heavy atom. The van der Waals surface area contributed by atoms with Gasteiger partial charge in [-0.3, -0.25) is 9.52 Å². The van der Waals surface area contributed by atoms with Crippen LogP contribution in [0.25, 0.3) is 11.0 Å². The summed E-state index contributed by atoms with van der Waals surface area (Å²) in [5, 5.41) is 0.266. The van der Waals surface area contributed by atoms with E-state index >= 15 is 4.39 Å². The number of pyridine rings is 1. The molecule has 4 aromatic rings. The fraction of sp³-hybridized carbons (Fsp3) is 0.233. The van der Waals surface area contributed by atoms with Crippen molar-refractivity contribution in [3.63, 3.8) is 0 Å². The number of nitrogens with zero attached hydrogens (tertiary/aromatic N) is 2. The van der Waals surface area contributed by atoms with Crippen LogP contribution in [0.15, 0.2) is 54.9 Å². The highest BCUT2D eigenvalue weighted by Crippen LogP contribution is 2.28. The number of ketones is 1. The highest BCUT2D eigenvalue weighted by Gasteiger charge is 2.27. The van der Waals surface area contributed by atoms with Crippen LogP contribution in [0.4, 0.5) is 14.5 Å². The molecule has 2 N–H and O–H groups in total. The Hall–Kier alpha value is -4.60. The molecule has 0 amide bonds. The van der Waals surface area contributed by atoms with E-state index in [1.54, 1.807) is 58.0 Å². The average Bonchev–Trinajstić information content (AvgIpc) is 3.35. The maximum Gasteiger partial charge on any atom is 0.338 e. The van der Waals surface area contributed by atoms with E-state index in [4.69, 9.17) is 4.74 Å². The number of halogens is 2. The maximum absolute atomic E-state index is 15.3. The minimum atomic E-state index is -4.12. The second kappa shape index (κ2) is 11.7. The summed E-state index contributed by atoms with van der Waals surface area (Å²) in [6.45, 7) is 7.03. The zero-order chi connectivity index (χ0) is 30.8. The molecular formula is C30H28F2N4O5S. The van der Waals surface area contributed by atoms with Gasteiger partial charge in [-0.25, -0.2) is 18.6 Å². The highest BCUT2D eigenvalue weighted by atomic mass is 32.2. The Balaban J connectivity index is 1.63. The van der Waals surface area contributed by atoms with E-state index in [0.29, 0.717) is 16.7 Å². The zero-order valence-corrected chi connectivity index (χ0v) is 24.3. The largest absolute Gasteiger partial charge is 0.456 e. The molecule has 0 bridgehead atoms. The lowest BCUT2D eigenvalue weighted by molar-refractivity contribution is 0.00693. The number of fused-ring (bicyclic) bond motifs is 1. The van der Waals surface area contributed by atoms with E-state index in [9.17, 15) is 22.4 Å². The van der Waals surface area contributed by atoms with Crippen LogP contribution >= 0.6 is 0 Å². The molecule has 0 fully saturated rings. The molecule has 0 saturated carbocycles. The summed E-state index contributed by atoms with van der Waals surface area (Å²) in [5.41, 5.74) is -0.508. The third kappa shape index (κ3) is 6.64. The first-order valence-corrected chi connectivity index (χ1v) is 14.2. The number of hydrogen-bond donors (Lipinski definition) is 2. The molecule has 0 atom stereocenters. The molecule has 9 nitrogen and oxygen atoms in total. The molecule has 0 aliphatic heterocycles. The van der Waals surface area contributed by atoms with Crippen LogP contribution in [0.2, 0.25) is 0 Å². The van der Waals surface area contributed by atoms with Crippen LogP contribution in [0, 0.1) is 23.5 Å². The molecule has 0 radical (unpaired) electrons. The van der Waals surface area contributed by atoms with Crippen molar-refractivity contribution in [1.29, 1.82) is 0 Å². The van der Waals surface area contributed by atoms with Crippen LogP contribution in [-0.4, -0.2) is 53.6 Å². The van der Waals surface area contributed by atoms with Gasteiger partial charge in [0.1, 0.15) is 17.1 Å². The Morgan fingerprint density at radius 2 is 1.74 bits per heavy atom. The zero-order valence-electron chi connectivity index (χ0n) is 23.5. The van der Waals surface area contributed by atoms with Gasteiger partial charge in [-0.05, 0) is 63.2 Å². The number of H-pyrrole nitrogens is 1. The topological polar surface area (TPSA) is 121 Å². The molecular weight excluding hydrogens is 566 g/mol. The minimum Gasteiger partial charge on any atom is -0.456 e. The summed E-state index contributed by atoms with van der Waals surface area (Å²) >= 11 is 0. The number of rotatable bonds is 7. The Kier molecular flexibility index (Phi) is 8.47. The van der Waals surface area contributed by atoms with Crippen molar-refractivity contribution in [2.24, 2.45) is 0 Å². The van der Waals surface area contributed by atoms with Gasteiger partial charge in [0.25, 0.3) is 0 Å². The highest BCUT2D eigenvalue weighted by molar-refractivity contribution is 7.90. The average molecular weight is 595 g/mol. The number of aromatic amines is 1. The van der Waals surface area contributed by atoms with Crippen molar-refractivity contribution in [3.8, 4) is 11.8 Å². The number of esters is 1. The first kappa shape index (κ1) is 30.4. The van der Waals surface area contributed by atoms with Gasteiger partial charge < -0.3 is 9.72 Å². The molecule has 0 saturated heterocycles. The van der Waals surface area contributed by atoms with Gasteiger partial charge in [-0.15, -0.1) is 0 Å². The van der Waals surface area contributed by atoms with Crippen LogP contribution in [0.3, 0.4) is 0 Å². The molecule has 2 aromatic carbocycles. The summed E-state index contributed by atoms with van der Waals surface area (Å²) in [7, 11) is -2.84. The van der Waals surface area contributed by atoms with E-state index < -0.39 is 50.4 Å². The number of nitrogens with one attached hydrogen (secondary N) is 2. The SMILES string of the molecule is CCN(C)S(=O)(=O)Nc1ccc(F)c(C(=O)c2c[nH]c3ncc(C#Cc4ccc(C(=O)OC(C)(C)C)cc4)cc23)c1F. The molecule has 0 aliphatic carbocycles. The number of hydrogen-bond acceptors (Lipinski definition) is 6. The van der Waals surface area contributed by atoms with Crippen molar-refractivity contribution in [2.75, 3.05) is 18.3 Å². The van der Waals surface area contributed by atoms with E-state index in [-0.39, 0.29) is 23.1 Å². The van der Waals surface area contributed by atoms with E-state index in [0.717, 1.165) is 16.4 Å². The summed E-state index contributed by atoms with van der Waals surface area (Å²) in [4.78, 5) is 32.6. The van der Waals surface area contributed by atoms with Crippen molar-refractivity contribution < 1.29 is 31.5 Å². The molecule has 218 valence electrons. The molecule has 4 rings (SSSR count). The molecule has 2 aromatic heterocycles. The number of benzene rings is 2. The lowest BCUT2D eigenvalue weighted by atomic mass is 10.0. The van der Waals surface area contributed by atoms with Crippen LogP contribution in [-0.2, 0) is 14.9 Å². The van der Waals surface area contributed by atoms with Crippen LogP contribution < -0.4 is 4.72 Å². The summed E-state index contributed by atoms with van der Waals surface area (Å²) in [6, 6.07) is 9.79. The van der Waals surface area contributed by atoms with Crippen LogP contribution in [0.5, 0.6) is 0 Å². The first-order valence-electron chi connectivity index (χ1n) is 12.8. The fourth-order valence-electron chi connectivity index (χ4n) is 3.79. The molecule has 0 spiro atoms. The van der Waals surface area contributed by atoms with Crippen molar-refractivity contribution >= 4 is 38.7 Å². The number of aromatic nitrogens is 2. The summed E-state index contributed by atoms with van der Waals surface area (Å²) < 4.78 is 63.2. The predicted octanol–water partition coefficient (Wildman–Crippen LogP) is 5.04. The summed E-state index contributed by atoms with van der Waals surface area (Å²) in [6.07, 6.45) is 2.74. The lowest BCUT2D eigenvalue weighted by Gasteiger charge is -2.19. The van der Waals surface area contributed by atoms with E-state index in [2.05, 4.69) is 21.8 Å². The number of ether oxygens (including phenoxy) is 1. The first-order chi connectivity index (χ1) is 19.7. The summed E-state index contributed by atoms with van der Waals surface area (Å²) in [5.74, 6) is 1.91. The molecule has 12 heteroatoms. The van der Waals surface area contributed by atoms with Gasteiger partial charge >= 0.3 is 16.2 Å². The Bertz CT molecular complexity index is 1850. The van der Waals surface area contributed by atoms with Crippen molar-refractivity contribution in [1.82, 2.24) is 14.3 Å². The van der Waals surface area contributed by atoms with Gasteiger partial charge in [0.2, 0.25) is 5.78 Å². The molecule has 2 heterocycles. The van der Waals surface area contributed by atoms with Gasteiger partial charge in [0.15, 0.2) is 5.82 Å². The standard InChI is InChI=1S/C30H28F2N4O5S/c1-6-36(5)42(39,40)35-24-14-13-23(31)25(26(24)32)27(37)22-17-34-28-21(22)15-19(16-33-28)8-7-18-9-11-20(12-10-18)29(38)41-30(2,3)4/h9-17,35H,6H2,1-5H3,(H,33,34). The van der Waals surface area contributed by atoms with Gasteiger partial charge in [0, 0.05) is 48.1 Å². The smallest absolute Gasteiger partial charge is 0.338 e. The van der Waals surface area contributed by atoms with Gasteiger partial charge in [0.05, 0.1) is 16.8 Å².